The number of halogens is 1. The first-order valence-electron chi connectivity index (χ1n) is 10.1. The zero-order chi connectivity index (χ0) is 21.8. The zero-order valence-electron chi connectivity index (χ0n) is 16.7. The van der Waals surface area contributed by atoms with Crippen LogP contribution in [0.3, 0.4) is 0 Å². The number of carbonyl (C=O) groups excluding carboxylic acids is 1. The van der Waals surface area contributed by atoms with Crippen molar-refractivity contribution in [2.45, 2.75) is 11.8 Å². The third kappa shape index (κ3) is 4.39. The Morgan fingerprint density at radius 1 is 0.710 bits per heavy atom. The van der Waals surface area contributed by atoms with Crippen molar-refractivity contribution in [2.75, 3.05) is 5.32 Å². The van der Waals surface area contributed by atoms with E-state index < -0.39 is 23.7 Å². The quantitative estimate of drug-likeness (QED) is 0.507. The van der Waals surface area contributed by atoms with E-state index in [9.17, 15) is 14.7 Å². The maximum Gasteiger partial charge on any atom is 0.308 e. The van der Waals surface area contributed by atoms with E-state index >= 15 is 0 Å². The number of nitrogens with one attached hydrogen (secondary N) is 1. The Bertz CT molecular complexity index is 1100. The number of amides is 1. The topological polar surface area (TPSA) is 66.4 Å². The van der Waals surface area contributed by atoms with Crippen LogP contribution in [0.15, 0.2) is 97.1 Å². The Labute approximate surface area is 186 Å². The van der Waals surface area contributed by atoms with Gasteiger partial charge >= 0.3 is 5.97 Å². The molecule has 4 atom stereocenters. The van der Waals surface area contributed by atoms with Gasteiger partial charge in [0.1, 0.15) is 0 Å². The lowest BCUT2D eigenvalue weighted by Crippen LogP contribution is -2.42. The average Bonchev–Trinajstić information content (AvgIpc) is 2.80. The zero-order valence-corrected chi connectivity index (χ0v) is 17.4. The molecule has 0 bridgehead atoms. The lowest BCUT2D eigenvalue weighted by molar-refractivity contribution is -0.147. The second kappa shape index (κ2) is 9.19. The average molecular weight is 432 g/mol. The van der Waals surface area contributed by atoms with E-state index in [1.54, 1.807) is 24.3 Å². The molecule has 3 aromatic carbocycles. The molecular weight excluding hydrogens is 410 g/mol. The van der Waals surface area contributed by atoms with Gasteiger partial charge in [0.25, 0.3) is 0 Å². The van der Waals surface area contributed by atoms with E-state index in [4.69, 9.17) is 11.6 Å². The molecule has 4 nitrogen and oxygen atoms in total. The Kier molecular flexibility index (Phi) is 6.19. The molecule has 1 aliphatic carbocycles. The molecule has 156 valence electrons. The molecular formula is C26H22ClNO3. The van der Waals surface area contributed by atoms with Gasteiger partial charge in [-0.1, -0.05) is 96.5 Å². The number of benzene rings is 3. The van der Waals surface area contributed by atoms with Crippen molar-refractivity contribution >= 4 is 29.2 Å². The summed E-state index contributed by atoms with van der Waals surface area (Å²) in [6.45, 7) is 0. The Morgan fingerprint density at radius 2 is 1.19 bits per heavy atom. The van der Waals surface area contributed by atoms with Crippen molar-refractivity contribution in [1.29, 1.82) is 0 Å². The van der Waals surface area contributed by atoms with Crippen molar-refractivity contribution in [3.8, 4) is 0 Å². The summed E-state index contributed by atoms with van der Waals surface area (Å²) in [6.07, 6.45) is 3.88. The van der Waals surface area contributed by atoms with E-state index in [1.807, 2.05) is 72.8 Å². The number of carboxylic acids is 1. The normalized spacial score (nSPS) is 22.6. The molecule has 0 saturated carbocycles. The monoisotopic (exact) mass is 431 g/mol. The largest absolute Gasteiger partial charge is 0.481 e. The van der Waals surface area contributed by atoms with Crippen LogP contribution in [-0.4, -0.2) is 17.0 Å². The number of carboxylic acid groups (broad SMARTS) is 1. The van der Waals surface area contributed by atoms with Crippen molar-refractivity contribution in [1.82, 2.24) is 0 Å². The summed E-state index contributed by atoms with van der Waals surface area (Å²) in [4.78, 5) is 26.0. The summed E-state index contributed by atoms with van der Waals surface area (Å²) < 4.78 is 0. The molecule has 5 heteroatoms. The van der Waals surface area contributed by atoms with Crippen LogP contribution >= 0.6 is 11.6 Å². The van der Waals surface area contributed by atoms with Gasteiger partial charge in [-0.25, -0.2) is 0 Å². The maximum atomic E-state index is 13.5. The van der Waals surface area contributed by atoms with E-state index in [2.05, 4.69) is 5.32 Å². The maximum absolute atomic E-state index is 13.5. The lowest BCUT2D eigenvalue weighted by Gasteiger charge is -2.37. The van der Waals surface area contributed by atoms with E-state index in [0.29, 0.717) is 10.7 Å². The van der Waals surface area contributed by atoms with Crippen LogP contribution in [0.2, 0.25) is 5.02 Å². The van der Waals surface area contributed by atoms with Crippen LogP contribution in [-0.2, 0) is 9.59 Å². The fourth-order valence-electron chi connectivity index (χ4n) is 4.33. The molecule has 0 spiro atoms. The molecule has 31 heavy (non-hydrogen) atoms. The van der Waals surface area contributed by atoms with E-state index in [0.717, 1.165) is 11.1 Å². The molecule has 0 heterocycles. The second-order valence-corrected chi connectivity index (χ2v) is 8.02. The Hall–Kier alpha value is -3.37. The highest BCUT2D eigenvalue weighted by molar-refractivity contribution is 6.33. The van der Waals surface area contributed by atoms with Crippen molar-refractivity contribution in [3.05, 3.63) is 113 Å². The van der Waals surface area contributed by atoms with E-state index in [-0.39, 0.29) is 11.8 Å². The number of anilines is 1. The van der Waals surface area contributed by atoms with Gasteiger partial charge < -0.3 is 10.4 Å². The summed E-state index contributed by atoms with van der Waals surface area (Å²) in [5.74, 6) is -3.89. The lowest BCUT2D eigenvalue weighted by atomic mass is 9.66. The fourth-order valence-corrected chi connectivity index (χ4v) is 4.51. The molecule has 1 amide bonds. The number of aliphatic carboxylic acids is 1. The smallest absolute Gasteiger partial charge is 0.308 e. The second-order valence-electron chi connectivity index (χ2n) is 7.62. The first kappa shape index (κ1) is 20.9. The molecule has 0 unspecified atom stereocenters. The van der Waals surface area contributed by atoms with Crippen molar-refractivity contribution in [3.63, 3.8) is 0 Å². The minimum Gasteiger partial charge on any atom is -0.481 e. The number of hydrogen-bond acceptors (Lipinski definition) is 2. The van der Waals surface area contributed by atoms with Crippen molar-refractivity contribution < 1.29 is 14.7 Å². The molecule has 2 N–H and O–H groups in total. The predicted octanol–water partition coefficient (Wildman–Crippen LogP) is 5.73. The van der Waals surface area contributed by atoms with Gasteiger partial charge in [-0.3, -0.25) is 9.59 Å². The highest BCUT2D eigenvalue weighted by Crippen LogP contribution is 2.45. The van der Waals surface area contributed by atoms with Crippen LogP contribution in [0.25, 0.3) is 0 Å². The van der Waals surface area contributed by atoms with Gasteiger partial charge in [0.2, 0.25) is 5.91 Å². The SMILES string of the molecule is O=C(Nc1ccccc1Cl)[C@@H]1[C@H](C(=O)O)[C@H](c2ccccc2)C=C[C@H]1c1ccccc1. The number of para-hydroxylation sites is 1. The molecule has 3 aromatic rings. The van der Waals surface area contributed by atoms with Crippen LogP contribution in [0.4, 0.5) is 5.69 Å². The molecule has 0 fully saturated rings. The van der Waals surface area contributed by atoms with Gasteiger partial charge in [-0.05, 0) is 23.3 Å². The van der Waals surface area contributed by atoms with Gasteiger partial charge in [-0.2, -0.15) is 0 Å². The Balaban J connectivity index is 1.79. The highest BCUT2D eigenvalue weighted by atomic mass is 35.5. The first-order valence-corrected chi connectivity index (χ1v) is 10.5. The fraction of sp³-hybridized carbons (Fsp3) is 0.154. The summed E-state index contributed by atoms with van der Waals surface area (Å²) in [7, 11) is 0. The van der Waals surface area contributed by atoms with Gasteiger partial charge in [-0.15, -0.1) is 0 Å². The standard InChI is InChI=1S/C26H22ClNO3/c27-21-13-7-8-14-22(21)28-25(29)23-19(17-9-3-1-4-10-17)15-16-20(24(23)26(30)31)18-11-5-2-6-12-18/h1-16,19-20,23-24H,(H,28,29)(H,30,31)/t19-,20-,23-,24+/m0/s1. The number of carbonyl (C=O) groups is 2. The third-order valence-electron chi connectivity index (χ3n) is 5.78. The molecule has 0 aliphatic heterocycles. The van der Waals surface area contributed by atoms with Gasteiger partial charge in [0.15, 0.2) is 0 Å². The number of rotatable bonds is 5. The third-order valence-corrected chi connectivity index (χ3v) is 6.10. The Morgan fingerprint density at radius 3 is 1.71 bits per heavy atom. The number of allylic oxidation sites excluding steroid dienone is 2. The van der Waals surface area contributed by atoms with Crippen LogP contribution < -0.4 is 5.32 Å². The molecule has 1 aliphatic rings. The molecule has 0 saturated heterocycles. The van der Waals surface area contributed by atoms with Crippen LogP contribution in [0.5, 0.6) is 0 Å². The van der Waals surface area contributed by atoms with Gasteiger partial charge in [0, 0.05) is 11.8 Å². The first-order chi connectivity index (χ1) is 15.1. The van der Waals surface area contributed by atoms with Gasteiger partial charge in [0.05, 0.1) is 22.5 Å². The van der Waals surface area contributed by atoms with E-state index in [1.165, 1.54) is 0 Å². The van der Waals surface area contributed by atoms with Crippen LogP contribution in [0.1, 0.15) is 23.0 Å². The van der Waals surface area contributed by atoms with Crippen LogP contribution in [0, 0.1) is 11.8 Å². The molecule has 0 radical (unpaired) electrons. The summed E-state index contributed by atoms with van der Waals surface area (Å²) in [6, 6.07) is 25.9. The molecule has 0 aromatic heterocycles. The minimum atomic E-state index is -1.00. The minimum absolute atomic E-state index is 0.361. The predicted molar refractivity (Wildman–Crippen MR) is 122 cm³/mol. The highest BCUT2D eigenvalue weighted by Gasteiger charge is 2.46. The number of hydrogen-bond donors (Lipinski definition) is 2. The molecule has 4 rings (SSSR count). The summed E-state index contributed by atoms with van der Waals surface area (Å²) >= 11 is 6.24. The van der Waals surface area contributed by atoms with Crippen molar-refractivity contribution in [2.24, 2.45) is 11.8 Å². The summed E-state index contributed by atoms with van der Waals surface area (Å²) in [5, 5.41) is 13.5. The summed E-state index contributed by atoms with van der Waals surface area (Å²) in [5.41, 5.74) is 2.24.